The van der Waals surface area contributed by atoms with Crippen LogP contribution in [0.3, 0.4) is 0 Å². The molecule has 0 aromatic carbocycles. The molecule has 0 radical (unpaired) electrons. The molecule has 2 amide bonds. The molecule has 0 bridgehead atoms. The Balaban J connectivity index is 1.80. The fourth-order valence-corrected chi connectivity index (χ4v) is 3.01. The first-order valence-electron chi connectivity index (χ1n) is 7.24. The van der Waals surface area contributed by atoms with E-state index >= 15 is 0 Å². The Morgan fingerprint density at radius 1 is 1.43 bits per heavy atom. The van der Waals surface area contributed by atoms with Crippen molar-refractivity contribution in [2.45, 2.75) is 31.8 Å². The van der Waals surface area contributed by atoms with Crippen molar-refractivity contribution in [3.05, 3.63) is 12.3 Å². The summed E-state index contributed by atoms with van der Waals surface area (Å²) in [5.74, 6) is -0.961. The molecule has 23 heavy (non-hydrogen) atoms. The van der Waals surface area contributed by atoms with E-state index in [1.807, 2.05) is 0 Å². The van der Waals surface area contributed by atoms with E-state index in [9.17, 15) is 18.0 Å². The first-order valence-corrected chi connectivity index (χ1v) is 9.30. The number of carboxylic acids is 1. The second-order valence-corrected chi connectivity index (χ2v) is 8.00. The molecule has 128 valence electrons. The summed E-state index contributed by atoms with van der Waals surface area (Å²) in [6.07, 6.45) is 4.34. The molecule has 1 heterocycles. The number of rotatable bonds is 6. The molecule has 10 heteroatoms. The summed E-state index contributed by atoms with van der Waals surface area (Å²) < 4.78 is 23.6. The van der Waals surface area contributed by atoms with E-state index in [2.05, 4.69) is 15.7 Å². The van der Waals surface area contributed by atoms with E-state index in [4.69, 9.17) is 5.11 Å². The number of anilines is 1. The number of hydrogen-bond acceptors (Lipinski definition) is 5. The van der Waals surface area contributed by atoms with Crippen molar-refractivity contribution >= 4 is 27.7 Å². The van der Waals surface area contributed by atoms with Crippen LogP contribution in [0.15, 0.2) is 12.3 Å². The van der Waals surface area contributed by atoms with Crippen LogP contribution in [0.1, 0.15) is 19.3 Å². The van der Waals surface area contributed by atoms with Gasteiger partial charge in [0.2, 0.25) is 0 Å². The molecule has 2 atom stereocenters. The SMILES string of the molecule is CS(=O)(=O)CCn1ccc(NC(=O)N[C@@H]2CC[C@H](C(=O)O)C2)n1. The number of carboxylic acid groups (broad SMARTS) is 1. The van der Waals surface area contributed by atoms with Crippen LogP contribution in [0.5, 0.6) is 0 Å². The van der Waals surface area contributed by atoms with E-state index in [0.29, 0.717) is 25.1 Å². The van der Waals surface area contributed by atoms with Gasteiger partial charge in [0, 0.05) is 24.6 Å². The quantitative estimate of drug-likeness (QED) is 0.680. The minimum atomic E-state index is -3.07. The van der Waals surface area contributed by atoms with Gasteiger partial charge in [0.05, 0.1) is 18.2 Å². The number of carbonyl (C=O) groups is 2. The van der Waals surface area contributed by atoms with Crippen molar-refractivity contribution in [2.75, 3.05) is 17.3 Å². The Bertz CT molecular complexity index is 684. The van der Waals surface area contributed by atoms with Gasteiger partial charge in [-0.1, -0.05) is 0 Å². The van der Waals surface area contributed by atoms with Crippen LogP contribution >= 0.6 is 0 Å². The summed E-state index contributed by atoms with van der Waals surface area (Å²) in [6, 6.07) is 0.953. The Kier molecular flexibility index (Phi) is 5.24. The van der Waals surface area contributed by atoms with Crippen molar-refractivity contribution < 1.29 is 23.1 Å². The monoisotopic (exact) mass is 344 g/mol. The number of sulfone groups is 1. The van der Waals surface area contributed by atoms with Gasteiger partial charge >= 0.3 is 12.0 Å². The van der Waals surface area contributed by atoms with Crippen molar-refractivity contribution in [1.82, 2.24) is 15.1 Å². The summed E-state index contributed by atoms with van der Waals surface area (Å²) in [7, 11) is -3.07. The summed E-state index contributed by atoms with van der Waals surface area (Å²) >= 11 is 0. The molecule has 1 aliphatic carbocycles. The van der Waals surface area contributed by atoms with E-state index in [1.54, 1.807) is 12.3 Å². The van der Waals surface area contributed by atoms with Gasteiger partial charge < -0.3 is 10.4 Å². The molecule has 1 aromatic heterocycles. The van der Waals surface area contributed by atoms with Crippen LogP contribution < -0.4 is 10.6 Å². The predicted octanol–water partition coefficient (Wildman–Crippen LogP) is 0.302. The highest BCUT2D eigenvalue weighted by atomic mass is 32.2. The molecule has 0 spiro atoms. The smallest absolute Gasteiger partial charge is 0.320 e. The Hall–Kier alpha value is -2.10. The molecule has 9 nitrogen and oxygen atoms in total. The number of aliphatic carboxylic acids is 1. The zero-order valence-corrected chi connectivity index (χ0v) is 13.5. The average molecular weight is 344 g/mol. The van der Waals surface area contributed by atoms with E-state index in [-0.39, 0.29) is 18.3 Å². The van der Waals surface area contributed by atoms with Gasteiger partial charge in [-0.2, -0.15) is 5.10 Å². The summed E-state index contributed by atoms with van der Waals surface area (Å²) in [5.41, 5.74) is 0. The lowest BCUT2D eigenvalue weighted by atomic mass is 10.1. The van der Waals surface area contributed by atoms with Crippen LogP contribution in [-0.4, -0.2) is 53.4 Å². The van der Waals surface area contributed by atoms with Crippen molar-refractivity contribution in [1.29, 1.82) is 0 Å². The molecular weight excluding hydrogens is 324 g/mol. The van der Waals surface area contributed by atoms with Crippen molar-refractivity contribution in [3.8, 4) is 0 Å². The van der Waals surface area contributed by atoms with Gasteiger partial charge in [-0.25, -0.2) is 13.2 Å². The second kappa shape index (κ2) is 6.99. The highest BCUT2D eigenvalue weighted by Crippen LogP contribution is 2.25. The maximum Gasteiger partial charge on any atom is 0.320 e. The van der Waals surface area contributed by atoms with Gasteiger partial charge in [-0.05, 0) is 19.3 Å². The van der Waals surface area contributed by atoms with Gasteiger partial charge in [-0.15, -0.1) is 0 Å². The van der Waals surface area contributed by atoms with Crippen LogP contribution in [-0.2, 0) is 21.2 Å². The standard InChI is InChI=1S/C13H20N4O5S/c1-23(21,22)7-6-17-5-4-11(16-17)15-13(20)14-10-3-2-9(8-10)12(18)19/h4-5,9-10H,2-3,6-8H2,1H3,(H,18,19)(H2,14,15,16,20)/t9-,10+/m0/s1. The number of hydrogen-bond donors (Lipinski definition) is 3. The lowest BCUT2D eigenvalue weighted by Crippen LogP contribution is -2.36. The highest BCUT2D eigenvalue weighted by molar-refractivity contribution is 7.90. The van der Waals surface area contributed by atoms with Crippen molar-refractivity contribution in [3.63, 3.8) is 0 Å². The van der Waals surface area contributed by atoms with E-state index < -0.39 is 27.8 Å². The molecule has 0 aliphatic heterocycles. The Morgan fingerprint density at radius 3 is 2.78 bits per heavy atom. The molecule has 2 rings (SSSR count). The first-order chi connectivity index (χ1) is 10.7. The largest absolute Gasteiger partial charge is 0.481 e. The zero-order chi connectivity index (χ0) is 17.0. The number of nitrogens with one attached hydrogen (secondary N) is 2. The lowest BCUT2D eigenvalue weighted by molar-refractivity contribution is -0.141. The first kappa shape index (κ1) is 17.3. The topological polar surface area (TPSA) is 130 Å². The molecule has 1 aliphatic rings. The fourth-order valence-electron chi connectivity index (χ4n) is 2.49. The van der Waals surface area contributed by atoms with Gasteiger partial charge in [-0.3, -0.25) is 14.8 Å². The number of amides is 2. The normalized spacial score (nSPS) is 21.1. The van der Waals surface area contributed by atoms with Crippen LogP contribution in [0.2, 0.25) is 0 Å². The summed E-state index contributed by atoms with van der Waals surface area (Å²) in [5, 5.41) is 18.3. The zero-order valence-electron chi connectivity index (χ0n) is 12.7. The van der Waals surface area contributed by atoms with Gasteiger partial charge in [0.25, 0.3) is 0 Å². The Morgan fingerprint density at radius 2 is 2.17 bits per heavy atom. The number of aromatic nitrogens is 2. The molecule has 1 fully saturated rings. The number of carbonyl (C=O) groups excluding carboxylic acids is 1. The van der Waals surface area contributed by atoms with Gasteiger partial charge in [0.15, 0.2) is 5.82 Å². The molecule has 0 unspecified atom stereocenters. The maximum atomic E-state index is 11.9. The molecule has 1 saturated carbocycles. The summed E-state index contributed by atoms with van der Waals surface area (Å²) in [6.45, 7) is 0.213. The van der Waals surface area contributed by atoms with Crippen LogP contribution in [0, 0.1) is 5.92 Å². The van der Waals surface area contributed by atoms with E-state index in [1.165, 1.54) is 4.68 Å². The Labute approximate surface area is 134 Å². The summed E-state index contributed by atoms with van der Waals surface area (Å²) in [4.78, 5) is 22.7. The number of urea groups is 1. The van der Waals surface area contributed by atoms with E-state index in [0.717, 1.165) is 6.26 Å². The number of nitrogens with zero attached hydrogens (tertiary/aromatic N) is 2. The third kappa shape index (κ3) is 5.55. The fraction of sp³-hybridized carbons (Fsp3) is 0.615. The molecule has 1 aromatic rings. The third-order valence-electron chi connectivity index (χ3n) is 3.69. The molecule has 3 N–H and O–H groups in total. The average Bonchev–Trinajstić information content (AvgIpc) is 3.05. The number of aryl methyl sites for hydroxylation is 1. The molecular formula is C13H20N4O5S. The highest BCUT2D eigenvalue weighted by Gasteiger charge is 2.30. The van der Waals surface area contributed by atoms with Crippen molar-refractivity contribution in [2.24, 2.45) is 5.92 Å². The minimum Gasteiger partial charge on any atom is -0.481 e. The third-order valence-corrected chi connectivity index (χ3v) is 4.61. The van der Waals surface area contributed by atoms with Crippen LogP contribution in [0.25, 0.3) is 0 Å². The minimum absolute atomic E-state index is 0.0288. The maximum absolute atomic E-state index is 11.9. The van der Waals surface area contributed by atoms with Crippen LogP contribution in [0.4, 0.5) is 10.6 Å². The second-order valence-electron chi connectivity index (χ2n) is 5.74. The van der Waals surface area contributed by atoms with Gasteiger partial charge in [0.1, 0.15) is 9.84 Å². The lowest BCUT2D eigenvalue weighted by Gasteiger charge is -2.12. The molecule has 0 saturated heterocycles. The predicted molar refractivity (Wildman–Crippen MR) is 82.9 cm³/mol.